The van der Waals surface area contributed by atoms with E-state index in [0.29, 0.717) is 0 Å². The van der Waals surface area contributed by atoms with Crippen molar-refractivity contribution in [1.29, 1.82) is 0 Å². The van der Waals surface area contributed by atoms with Gasteiger partial charge in [0.05, 0.1) is 10.8 Å². The lowest BCUT2D eigenvalue weighted by atomic mass is 10.2. The van der Waals surface area contributed by atoms with Crippen molar-refractivity contribution < 1.29 is 5.11 Å². The molecule has 2 rings (SSSR count). The van der Waals surface area contributed by atoms with E-state index in [1.165, 1.54) is 14.7 Å². The lowest BCUT2D eigenvalue weighted by Crippen LogP contribution is -1.72. The van der Waals surface area contributed by atoms with E-state index in [0.717, 1.165) is 4.88 Å². The normalized spacial score (nSPS) is 10.5. The van der Waals surface area contributed by atoms with Gasteiger partial charge in [-0.1, -0.05) is 29.5 Å². The molecule has 1 nitrogen and oxygen atoms in total. The quantitative estimate of drug-likeness (QED) is 0.877. The van der Waals surface area contributed by atoms with Crippen molar-refractivity contribution in [2.75, 3.05) is 0 Å². The molecule has 0 aliphatic carbocycles. The number of aliphatic hydroxyl groups excluding tert-OH is 1. The van der Waals surface area contributed by atoms with Gasteiger partial charge in [0.2, 0.25) is 0 Å². The SMILES string of the molecule is Cc1ccc(Sc2ccc(CO)s2)cc1. The Balaban J connectivity index is 2.11. The van der Waals surface area contributed by atoms with Crippen LogP contribution in [0.3, 0.4) is 0 Å². The monoisotopic (exact) mass is 236 g/mol. The van der Waals surface area contributed by atoms with E-state index in [1.54, 1.807) is 23.1 Å². The smallest absolute Gasteiger partial charge is 0.0774 e. The summed E-state index contributed by atoms with van der Waals surface area (Å²) in [5, 5.41) is 8.95. The van der Waals surface area contributed by atoms with Gasteiger partial charge in [0, 0.05) is 9.77 Å². The van der Waals surface area contributed by atoms with Crippen LogP contribution in [-0.4, -0.2) is 5.11 Å². The van der Waals surface area contributed by atoms with E-state index in [1.807, 2.05) is 6.07 Å². The molecule has 0 unspecified atom stereocenters. The molecule has 0 spiro atoms. The van der Waals surface area contributed by atoms with Gasteiger partial charge in [0.15, 0.2) is 0 Å². The fourth-order valence-electron chi connectivity index (χ4n) is 1.22. The first-order chi connectivity index (χ1) is 7.28. The maximum Gasteiger partial charge on any atom is 0.0774 e. The first-order valence-corrected chi connectivity index (χ1v) is 6.35. The number of hydrogen-bond acceptors (Lipinski definition) is 3. The van der Waals surface area contributed by atoms with Crippen LogP contribution >= 0.6 is 23.1 Å². The minimum absolute atomic E-state index is 0.138. The Morgan fingerprint density at radius 2 is 1.87 bits per heavy atom. The predicted molar refractivity (Wildman–Crippen MR) is 65.5 cm³/mol. The highest BCUT2D eigenvalue weighted by Crippen LogP contribution is 2.33. The molecule has 1 heterocycles. The minimum Gasteiger partial charge on any atom is -0.391 e. The molecule has 2 aromatic rings. The summed E-state index contributed by atoms with van der Waals surface area (Å²) in [6.07, 6.45) is 0. The van der Waals surface area contributed by atoms with Gasteiger partial charge >= 0.3 is 0 Å². The van der Waals surface area contributed by atoms with E-state index in [9.17, 15) is 0 Å². The highest BCUT2D eigenvalue weighted by molar-refractivity contribution is 8.01. The molecule has 15 heavy (non-hydrogen) atoms. The van der Waals surface area contributed by atoms with Crippen LogP contribution in [0.25, 0.3) is 0 Å². The Morgan fingerprint density at radius 1 is 1.13 bits per heavy atom. The second-order valence-corrected chi connectivity index (χ2v) is 5.84. The Hall–Kier alpha value is -0.770. The maximum absolute atomic E-state index is 8.95. The summed E-state index contributed by atoms with van der Waals surface area (Å²) in [6, 6.07) is 12.5. The summed E-state index contributed by atoms with van der Waals surface area (Å²) in [5.41, 5.74) is 1.28. The molecule has 78 valence electrons. The van der Waals surface area contributed by atoms with E-state index in [2.05, 4.69) is 37.3 Å². The summed E-state index contributed by atoms with van der Waals surface area (Å²) in [4.78, 5) is 2.26. The van der Waals surface area contributed by atoms with E-state index < -0.39 is 0 Å². The molecule has 0 saturated carbocycles. The van der Waals surface area contributed by atoms with Gasteiger partial charge in [-0.15, -0.1) is 11.3 Å². The zero-order valence-corrected chi connectivity index (χ0v) is 10.1. The lowest BCUT2D eigenvalue weighted by molar-refractivity contribution is 0.285. The van der Waals surface area contributed by atoms with Crippen molar-refractivity contribution in [3.63, 3.8) is 0 Å². The molecular formula is C12H12OS2. The van der Waals surface area contributed by atoms with Crippen LogP contribution in [0.15, 0.2) is 45.5 Å². The summed E-state index contributed by atoms with van der Waals surface area (Å²) < 4.78 is 1.22. The predicted octanol–water partition coefficient (Wildman–Crippen LogP) is 3.70. The topological polar surface area (TPSA) is 20.2 Å². The first-order valence-electron chi connectivity index (χ1n) is 4.72. The second-order valence-electron chi connectivity index (χ2n) is 3.29. The van der Waals surface area contributed by atoms with Gasteiger partial charge < -0.3 is 5.11 Å². The van der Waals surface area contributed by atoms with Crippen molar-refractivity contribution in [3.05, 3.63) is 46.8 Å². The number of thiophene rings is 1. The van der Waals surface area contributed by atoms with Crippen LogP contribution in [0.2, 0.25) is 0 Å². The molecule has 0 radical (unpaired) electrons. The van der Waals surface area contributed by atoms with Crippen molar-refractivity contribution in [3.8, 4) is 0 Å². The Bertz CT molecular complexity index is 431. The number of aryl methyl sites for hydroxylation is 1. The maximum atomic E-state index is 8.95. The van der Waals surface area contributed by atoms with Gasteiger partial charge in [0.25, 0.3) is 0 Å². The van der Waals surface area contributed by atoms with Crippen LogP contribution < -0.4 is 0 Å². The fraction of sp³-hybridized carbons (Fsp3) is 0.167. The highest BCUT2D eigenvalue weighted by Gasteiger charge is 2.01. The minimum atomic E-state index is 0.138. The summed E-state index contributed by atoms with van der Waals surface area (Å²) in [7, 11) is 0. The van der Waals surface area contributed by atoms with Gasteiger partial charge in [-0.2, -0.15) is 0 Å². The van der Waals surface area contributed by atoms with Gasteiger partial charge in [0.1, 0.15) is 0 Å². The second kappa shape index (κ2) is 4.84. The van der Waals surface area contributed by atoms with Crippen molar-refractivity contribution in [2.45, 2.75) is 22.6 Å². The van der Waals surface area contributed by atoms with Crippen molar-refractivity contribution >= 4 is 23.1 Å². The van der Waals surface area contributed by atoms with Crippen molar-refractivity contribution in [2.24, 2.45) is 0 Å². The summed E-state index contributed by atoms with van der Waals surface area (Å²) >= 11 is 3.38. The van der Waals surface area contributed by atoms with Crippen LogP contribution in [0.5, 0.6) is 0 Å². The molecule has 3 heteroatoms. The Labute approximate surface area is 97.8 Å². The zero-order chi connectivity index (χ0) is 10.7. The summed E-state index contributed by atoms with van der Waals surface area (Å²) in [5.74, 6) is 0. The molecule has 1 aromatic heterocycles. The van der Waals surface area contributed by atoms with Crippen LogP contribution in [0.4, 0.5) is 0 Å². The standard InChI is InChI=1S/C12H12OS2/c1-9-2-4-10(5-3-9)14-12-7-6-11(8-13)15-12/h2-7,13H,8H2,1H3. The fourth-order valence-corrected chi connectivity index (χ4v) is 3.23. The molecule has 0 fully saturated rings. The molecular weight excluding hydrogens is 224 g/mol. The highest BCUT2D eigenvalue weighted by atomic mass is 32.2. The van der Waals surface area contributed by atoms with Crippen LogP contribution in [0, 0.1) is 6.92 Å². The van der Waals surface area contributed by atoms with Gasteiger partial charge in [-0.3, -0.25) is 0 Å². The van der Waals surface area contributed by atoms with E-state index in [4.69, 9.17) is 5.11 Å². The van der Waals surface area contributed by atoms with Gasteiger partial charge in [-0.25, -0.2) is 0 Å². The zero-order valence-electron chi connectivity index (χ0n) is 8.43. The molecule has 1 aromatic carbocycles. The third-order valence-corrected chi connectivity index (χ3v) is 4.24. The average Bonchev–Trinajstić information content (AvgIpc) is 2.69. The Kier molecular flexibility index (Phi) is 3.46. The Morgan fingerprint density at radius 3 is 2.47 bits per heavy atom. The van der Waals surface area contributed by atoms with Crippen LogP contribution in [-0.2, 0) is 6.61 Å². The molecule has 0 aliphatic rings. The van der Waals surface area contributed by atoms with E-state index in [-0.39, 0.29) is 6.61 Å². The van der Waals surface area contributed by atoms with Crippen molar-refractivity contribution in [1.82, 2.24) is 0 Å². The number of benzene rings is 1. The largest absolute Gasteiger partial charge is 0.391 e. The van der Waals surface area contributed by atoms with Gasteiger partial charge in [-0.05, 0) is 31.2 Å². The molecule has 0 atom stereocenters. The molecule has 0 aliphatic heterocycles. The molecule has 0 saturated heterocycles. The molecule has 0 bridgehead atoms. The number of aliphatic hydroxyl groups is 1. The average molecular weight is 236 g/mol. The third kappa shape index (κ3) is 2.84. The molecule has 0 amide bonds. The first kappa shape index (κ1) is 10.7. The number of hydrogen-bond donors (Lipinski definition) is 1. The van der Waals surface area contributed by atoms with E-state index >= 15 is 0 Å². The lowest BCUT2D eigenvalue weighted by Gasteiger charge is -1.98. The third-order valence-electron chi connectivity index (χ3n) is 2.03. The summed E-state index contributed by atoms with van der Waals surface area (Å²) in [6.45, 7) is 2.22. The molecule has 1 N–H and O–H groups in total. The van der Waals surface area contributed by atoms with Crippen LogP contribution in [0.1, 0.15) is 10.4 Å². The number of rotatable bonds is 3.